The van der Waals surface area contributed by atoms with Crippen molar-refractivity contribution in [1.29, 1.82) is 0 Å². The number of ether oxygens (including phenoxy) is 2. The summed E-state index contributed by atoms with van der Waals surface area (Å²) in [5, 5.41) is 3.70. The van der Waals surface area contributed by atoms with E-state index in [1.165, 1.54) is 0 Å². The van der Waals surface area contributed by atoms with E-state index in [0.717, 1.165) is 22.3 Å². The molecule has 0 spiro atoms. The normalized spacial score (nSPS) is 10.6. The summed E-state index contributed by atoms with van der Waals surface area (Å²) in [6.45, 7) is 0. The molecule has 1 heterocycles. The van der Waals surface area contributed by atoms with Gasteiger partial charge in [-0.15, -0.1) is 0 Å². The van der Waals surface area contributed by atoms with Gasteiger partial charge in [0.05, 0.1) is 25.3 Å². The monoisotopic (exact) mass is 339 g/mol. The zero-order chi connectivity index (χ0) is 18.0. The first-order chi connectivity index (χ1) is 12.0. The molecule has 0 fully saturated rings. The summed E-state index contributed by atoms with van der Waals surface area (Å²) in [6.07, 6.45) is 1.69. The number of benzene rings is 2. The Morgan fingerprint density at radius 1 is 1.04 bits per heavy atom. The highest BCUT2D eigenvalue weighted by Crippen LogP contribution is 2.33. The Morgan fingerprint density at radius 2 is 1.68 bits per heavy atom. The Balaban J connectivity index is 1.89. The number of aromatic amines is 1. The maximum absolute atomic E-state index is 12.6. The molecule has 0 saturated carbocycles. The predicted molar refractivity (Wildman–Crippen MR) is 100 cm³/mol. The minimum atomic E-state index is -0.184. The smallest absolute Gasteiger partial charge is 0.257 e. The molecule has 0 atom stereocenters. The van der Waals surface area contributed by atoms with Gasteiger partial charge in [-0.3, -0.25) is 4.79 Å². The standard InChI is InChI=1S/C19H21N3O3/c1-22(2)13-7-5-12(6-8-13)21-19(23)15-11-20-16-10-18(25-4)17(24-3)9-14(15)16/h5-11,20H,1-4H3,(H,21,23). The van der Waals surface area contributed by atoms with E-state index in [9.17, 15) is 4.79 Å². The van der Waals surface area contributed by atoms with Gasteiger partial charge >= 0.3 is 0 Å². The number of aromatic nitrogens is 1. The van der Waals surface area contributed by atoms with E-state index in [0.29, 0.717) is 17.1 Å². The minimum absolute atomic E-state index is 0.184. The van der Waals surface area contributed by atoms with Crippen LogP contribution in [0.15, 0.2) is 42.6 Å². The first kappa shape index (κ1) is 16.7. The van der Waals surface area contributed by atoms with Crippen LogP contribution >= 0.6 is 0 Å². The van der Waals surface area contributed by atoms with Gasteiger partial charge in [0, 0.05) is 43.1 Å². The number of methoxy groups -OCH3 is 2. The zero-order valence-electron chi connectivity index (χ0n) is 14.7. The average Bonchev–Trinajstić information content (AvgIpc) is 3.03. The fourth-order valence-corrected chi connectivity index (χ4v) is 2.68. The second-order valence-corrected chi connectivity index (χ2v) is 5.85. The van der Waals surface area contributed by atoms with Crippen molar-refractivity contribution in [3.8, 4) is 11.5 Å². The number of nitrogens with one attached hydrogen (secondary N) is 2. The van der Waals surface area contributed by atoms with Crippen LogP contribution in [0, 0.1) is 0 Å². The highest BCUT2D eigenvalue weighted by molar-refractivity contribution is 6.13. The van der Waals surface area contributed by atoms with Crippen LogP contribution in [0.25, 0.3) is 10.9 Å². The van der Waals surface area contributed by atoms with E-state index in [4.69, 9.17) is 9.47 Å². The second kappa shape index (κ2) is 6.76. The molecule has 0 unspecified atom stereocenters. The molecular weight excluding hydrogens is 318 g/mol. The van der Waals surface area contributed by atoms with Crippen LogP contribution in [0.3, 0.4) is 0 Å². The molecule has 1 amide bonds. The SMILES string of the molecule is COc1cc2[nH]cc(C(=O)Nc3ccc(N(C)C)cc3)c2cc1OC. The average molecular weight is 339 g/mol. The van der Waals surface area contributed by atoms with E-state index >= 15 is 0 Å². The van der Waals surface area contributed by atoms with Crippen LogP contribution in [-0.4, -0.2) is 39.2 Å². The molecule has 0 saturated heterocycles. The summed E-state index contributed by atoms with van der Waals surface area (Å²) < 4.78 is 10.6. The molecule has 1 aromatic heterocycles. The van der Waals surface area contributed by atoms with Gasteiger partial charge in [0.15, 0.2) is 11.5 Å². The topological polar surface area (TPSA) is 66.6 Å². The third-order valence-electron chi connectivity index (χ3n) is 4.07. The molecule has 3 aromatic rings. The first-order valence-corrected chi connectivity index (χ1v) is 7.85. The van der Waals surface area contributed by atoms with Crippen LogP contribution in [0.1, 0.15) is 10.4 Å². The van der Waals surface area contributed by atoms with Gasteiger partial charge in [-0.2, -0.15) is 0 Å². The molecule has 0 aliphatic carbocycles. The quantitative estimate of drug-likeness (QED) is 0.746. The molecule has 3 rings (SSSR count). The van der Waals surface area contributed by atoms with Crippen molar-refractivity contribution in [2.75, 3.05) is 38.5 Å². The van der Waals surface area contributed by atoms with Crippen LogP contribution < -0.4 is 19.7 Å². The van der Waals surface area contributed by atoms with Crippen molar-refractivity contribution in [2.24, 2.45) is 0 Å². The highest BCUT2D eigenvalue weighted by atomic mass is 16.5. The Hall–Kier alpha value is -3.15. The van der Waals surface area contributed by atoms with E-state index in [-0.39, 0.29) is 5.91 Å². The van der Waals surface area contributed by atoms with Crippen molar-refractivity contribution < 1.29 is 14.3 Å². The Morgan fingerprint density at radius 3 is 2.28 bits per heavy atom. The molecule has 130 valence electrons. The maximum Gasteiger partial charge on any atom is 0.257 e. The van der Waals surface area contributed by atoms with Crippen molar-refractivity contribution in [2.45, 2.75) is 0 Å². The molecule has 2 N–H and O–H groups in total. The Bertz CT molecular complexity index is 898. The lowest BCUT2D eigenvalue weighted by atomic mass is 10.1. The number of H-pyrrole nitrogens is 1. The van der Waals surface area contributed by atoms with Gasteiger partial charge in [0.1, 0.15) is 0 Å². The van der Waals surface area contributed by atoms with Gasteiger partial charge in [0.25, 0.3) is 5.91 Å². The number of nitrogens with zero attached hydrogens (tertiary/aromatic N) is 1. The van der Waals surface area contributed by atoms with E-state index in [2.05, 4.69) is 10.3 Å². The number of rotatable bonds is 5. The minimum Gasteiger partial charge on any atom is -0.493 e. The van der Waals surface area contributed by atoms with E-state index in [1.807, 2.05) is 49.3 Å². The number of hydrogen-bond acceptors (Lipinski definition) is 4. The maximum atomic E-state index is 12.6. The second-order valence-electron chi connectivity index (χ2n) is 5.85. The van der Waals surface area contributed by atoms with Crippen molar-refractivity contribution in [3.63, 3.8) is 0 Å². The van der Waals surface area contributed by atoms with Crippen molar-refractivity contribution in [1.82, 2.24) is 4.98 Å². The molecule has 0 aliphatic heterocycles. The van der Waals surface area contributed by atoms with Crippen molar-refractivity contribution in [3.05, 3.63) is 48.2 Å². The number of anilines is 2. The summed E-state index contributed by atoms with van der Waals surface area (Å²) in [7, 11) is 7.10. The number of carbonyl (C=O) groups excluding carboxylic acids is 1. The van der Waals surface area contributed by atoms with Crippen LogP contribution in [0.4, 0.5) is 11.4 Å². The molecule has 0 aliphatic rings. The van der Waals surface area contributed by atoms with Crippen LogP contribution in [0.2, 0.25) is 0 Å². The Labute approximate surface area is 146 Å². The van der Waals surface area contributed by atoms with Gasteiger partial charge < -0.3 is 24.7 Å². The summed E-state index contributed by atoms with van der Waals surface area (Å²) in [5.41, 5.74) is 3.17. The number of carbonyl (C=O) groups is 1. The lowest BCUT2D eigenvalue weighted by Gasteiger charge is -2.13. The molecule has 6 nitrogen and oxygen atoms in total. The van der Waals surface area contributed by atoms with Gasteiger partial charge in [0.2, 0.25) is 0 Å². The number of fused-ring (bicyclic) bond motifs is 1. The zero-order valence-corrected chi connectivity index (χ0v) is 14.7. The molecular formula is C19H21N3O3. The fraction of sp³-hybridized carbons (Fsp3) is 0.211. The van der Waals surface area contributed by atoms with Gasteiger partial charge in [-0.05, 0) is 30.3 Å². The van der Waals surface area contributed by atoms with Gasteiger partial charge in [-0.25, -0.2) is 0 Å². The van der Waals surface area contributed by atoms with Gasteiger partial charge in [-0.1, -0.05) is 0 Å². The number of hydrogen-bond donors (Lipinski definition) is 2. The molecule has 25 heavy (non-hydrogen) atoms. The van der Waals surface area contributed by atoms with E-state index in [1.54, 1.807) is 26.5 Å². The summed E-state index contributed by atoms with van der Waals surface area (Å²) in [6, 6.07) is 11.3. The third kappa shape index (κ3) is 3.24. The molecule has 2 aromatic carbocycles. The molecule has 0 bridgehead atoms. The summed E-state index contributed by atoms with van der Waals surface area (Å²) in [5.74, 6) is 1.01. The molecule has 0 radical (unpaired) electrons. The van der Waals surface area contributed by atoms with Crippen LogP contribution in [-0.2, 0) is 0 Å². The highest BCUT2D eigenvalue weighted by Gasteiger charge is 2.15. The third-order valence-corrected chi connectivity index (χ3v) is 4.07. The fourth-order valence-electron chi connectivity index (χ4n) is 2.68. The Kier molecular flexibility index (Phi) is 4.52. The number of amides is 1. The summed E-state index contributed by atoms with van der Waals surface area (Å²) in [4.78, 5) is 17.8. The molecule has 6 heteroatoms. The lowest BCUT2D eigenvalue weighted by molar-refractivity contribution is 0.102. The van der Waals surface area contributed by atoms with E-state index < -0.39 is 0 Å². The van der Waals surface area contributed by atoms with Crippen molar-refractivity contribution >= 4 is 28.2 Å². The summed E-state index contributed by atoms with van der Waals surface area (Å²) >= 11 is 0. The predicted octanol–water partition coefficient (Wildman–Crippen LogP) is 3.50. The van der Waals surface area contributed by atoms with Crippen LogP contribution in [0.5, 0.6) is 11.5 Å². The largest absolute Gasteiger partial charge is 0.493 e. The first-order valence-electron chi connectivity index (χ1n) is 7.85. The lowest BCUT2D eigenvalue weighted by Crippen LogP contribution is -2.12.